The highest BCUT2D eigenvalue weighted by atomic mass is 79.9. The fraction of sp³-hybridized carbons (Fsp3) is 0. The summed E-state index contributed by atoms with van der Waals surface area (Å²) in [4.78, 5) is 4.79. The topological polar surface area (TPSA) is 26.0 Å². The van der Waals surface area contributed by atoms with Gasteiger partial charge in [0, 0.05) is 25.6 Å². The summed E-state index contributed by atoms with van der Waals surface area (Å²) in [5.41, 5.74) is 3.82. The van der Waals surface area contributed by atoms with Crippen molar-refractivity contribution in [1.82, 2.24) is 4.98 Å². The lowest BCUT2D eigenvalue weighted by Crippen LogP contribution is -1.83. The molecule has 4 rings (SSSR count). The van der Waals surface area contributed by atoms with E-state index in [0.29, 0.717) is 5.89 Å². The number of hydrogen-bond donors (Lipinski definition) is 0. The van der Waals surface area contributed by atoms with Crippen LogP contribution >= 0.6 is 31.9 Å². The maximum Gasteiger partial charge on any atom is 0.227 e. The Balaban J connectivity index is 1.89. The minimum atomic E-state index is 0.622. The average molecular weight is 455 g/mol. The number of hydrogen-bond acceptors (Lipinski definition) is 2. The molecule has 122 valence electrons. The van der Waals surface area contributed by atoms with Gasteiger partial charge in [-0.15, -0.1) is 0 Å². The van der Waals surface area contributed by atoms with Crippen LogP contribution in [0.2, 0.25) is 0 Å². The van der Waals surface area contributed by atoms with E-state index in [-0.39, 0.29) is 0 Å². The highest BCUT2D eigenvalue weighted by molar-refractivity contribution is 9.10. The summed E-state index contributed by atoms with van der Waals surface area (Å²) in [5, 5.41) is 0. The maximum absolute atomic E-state index is 6.17. The van der Waals surface area contributed by atoms with Crippen LogP contribution in [0, 0.1) is 0 Å². The molecular formula is C21H13Br2NO. The molecule has 0 spiro atoms. The van der Waals surface area contributed by atoms with Crippen molar-refractivity contribution in [3.05, 3.63) is 87.8 Å². The van der Waals surface area contributed by atoms with Crippen LogP contribution in [0.4, 0.5) is 0 Å². The van der Waals surface area contributed by atoms with E-state index in [0.717, 1.165) is 37.1 Å². The molecule has 1 aromatic heterocycles. The van der Waals surface area contributed by atoms with Crippen molar-refractivity contribution < 1.29 is 4.42 Å². The molecule has 0 atom stereocenters. The predicted molar refractivity (Wildman–Crippen MR) is 108 cm³/mol. The van der Waals surface area contributed by atoms with E-state index >= 15 is 0 Å². The van der Waals surface area contributed by atoms with Gasteiger partial charge in [0.15, 0.2) is 5.76 Å². The molecule has 25 heavy (non-hydrogen) atoms. The van der Waals surface area contributed by atoms with Crippen LogP contribution in [-0.2, 0) is 0 Å². The Morgan fingerprint density at radius 3 is 1.76 bits per heavy atom. The third-order valence-corrected chi connectivity index (χ3v) is 4.93. The summed E-state index contributed by atoms with van der Waals surface area (Å²) < 4.78 is 8.24. The molecule has 3 aromatic carbocycles. The van der Waals surface area contributed by atoms with Crippen molar-refractivity contribution in [2.45, 2.75) is 0 Å². The second kappa shape index (κ2) is 6.98. The second-order valence-electron chi connectivity index (χ2n) is 5.58. The van der Waals surface area contributed by atoms with E-state index in [2.05, 4.69) is 31.9 Å². The lowest BCUT2D eigenvalue weighted by molar-refractivity contribution is 0.589. The van der Waals surface area contributed by atoms with E-state index in [1.165, 1.54) is 0 Å². The molecule has 1 heterocycles. The summed E-state index contributed by atoms with van der Waals surface area (Å²) in [6.07, 6.45) is 0. The van der Waals surface area contributed by atoms with Crippen LogP contribution in [0.25, 0.3) is 34.0 Å². The molecular weight excluding hydrogens is 442 g/mol. The van der Waals surface area contributed by atoms with Crippen LogP contribution < -0.4 is 0 Å². The standard InChI is InChI=1S/C21H13Br2NO/c22-17-10-6-14(7-11-17)19-20(15-8-12-18(23)13-9-15)25-21(24-19)16-4-2-1-3-5-16/h1-13H. The van der Waals surface area contributed by atoms with Gasteiger partial charge < -0.3 is 4.42 Å². The predicted octanol–water partition coefficient (Wildman–Crippen LogP) is 7.20. The van der Waals surface area contributed by atoms with E-state index in [1.807, 2.05) is 78.9 Å². The molecule has 4 heteroatoms. The molecule has 0 aliphatic carbocycles. The van der Waals surface area contributed by atoms with Crippen LogP contribution in [0.3, 0.4) is 0 Å². The monoisotopic (exact) mass is 453 g/mol. The summed E-state index contributed by atoms with van der Waals surface area (Å²) in [7, 11) is 0. The van der Waals surface area contributed by atoms with E-state index in [1.54, 1.807) is 0 Å². The normalized spacial score (nSPS) is 10.8. The second-order valence-corrected chi connectivity index (χ2v) is 7.41. The van der Waals surface area contributed by atoms with Gasteiger partial charge in [0.05, 0.1) is 0 Å². The number of oxazole rings is 1. The van der Waals surface area contributed by atoms with Gasteiger partial charge in [0.1, 0.15) is 5.69 Å². The number of rotatable bonds is 3. The van der Waals surface area contributed by atoms with E-state index in [9.17, 15) is 0 Å². The lowest BCUT2D eigenvalue weighted by Gasteiger charge is -2.02. The Morgan fingerprint density at radius 1 is 0.600 bits per heavy atom. The molecule has 2 nitrogen and oxygen atoms in total. The molecule has 0 bridgehead atoms. The van der Waals surface area contributed by atoms with Gasteiger partial charge in [-0.05, 0) is 36.4 Å². The Hall–Kier alpha value is -2.17. The number of benzene rings is 3. The lowest BCUT2D eigenvalue weighted by atomic mass is 10.1. The van der Waals surface area contributed by atoms with Crippen molar-refractivity contribution in [2.75, 3.05) is 0 Å². The molecule has 0 saturated heterocycles. The summed E-state index contributed by atoms with van der Waals surface area (Å²) in [6.45, 7) is 0. The fourth-order valence-electron chi connectivity index (χ4n) is 2.62. The first kappa shape index (κ1) is 16.3. The Morgan fingerprint density at radius 2 is 1.16 bits per heavy atom. The molecule has 0 aliphatic heterocycles. The van der Waals surface area contributed by atoms with Crippen molar-refractivity contribution >= 4 is 31.9 Å². The van der Waals surface area contributed by atoms with E-state index < -0.39 is 0 Å². The van der Waals surface area contributed by atoms with Crippen LogP contribution in [0.1, 0.15) is 0 Å². The van der Waals surface area contributed by atoms with Crippen molar-refractivity contribution in [1.29, 1.82) is 0 Å². The van der Waals surface area contributed by atoms with Gasteiger partial charge in [-0.25, -0.2) is 4.98 Å². The third-order valence-electron chi connectivity index (χ3n) is 3.87. The van der Waals surface area contributed by atoms with Gasteiger partial charge in [0.25, 0.3) is 0 Å². The molecule has 0 saturated carbocycles. The maximum atomic E-state index is 6.17. The smallest absolute Gasteiger partial charge is 0.227 e. The third kappa shape index (κ3) is 3.46. The Bertz CT molecular complexity index is 928. The average Bonchev–Trinajstić information content (AvgIpc) is 3.09. The highest BCUT2D eigenvalue weighted by Crippen LogP contribution is 2.36. The SMILES string of the molecule is Brc1ccc(-c2nc(-c3ccccc3)oc2-c2ccc(Br)cc2)cc1. The zero-order valence-electron chi connectivity index (χ0n) is 13.1. The first-order valence-corrected chi connectivity index (χ1v) is 9.37. The fourth-order valence-corrected chi connectivity index (χ4v) is 3.15. The van der Waals surface area contributed by atoms with Crippen LogP contribution in [0.5, 0.6) is 0 Å². The quantitative estimate of drug-likeness (QED) is 0.327. The van der Waals surface area contributed by atoms with Crippen LogP contribution in [-0.4, -0.2) is 4.98 Å². The molecule has 4 aromatic rings. The zero-order chi connectivity index (χ0) is 17.2. The molecule has 0 amide bonds. The van der Waals surface area contributed by atoms with E-state index in [4.69, 9.17) is 9.40 Å². The largest absolute Gasteiger partial charge is 0.435 e. The molecule has 0 radical (unpaired) electrons. The van der Waals surface area contributed by atoms with Gasteiger partial charge in [-0.2, -0.15) is 0 Å². The highest BCUT2D eigenvalue weighted by Gasteiger charge is 2.17. The van der Waals surface area contributed by atoms with Gasteiger partial charge in [0.2, 0.25) is 5.89 Å². The number of nitrogens with zero attached hydrogens (tertiary/aromatic N) is 1. The molecule has 0 unspecified atom stereocenters. The zero-order valence-corrected chi connectivity index (χ0v) is 16.3. The Kier molecular flexibility index (Phi) is 4.55. The molecule has 0 aliphatic rings. The summed E-state index contributed by atoms with van der Waals surface area (Å²) in [5.74, 6) is 1.39. The van der Waals surface area contributed by atoms with Gasteiger partial charge >= 0.3 is 0 Å². The first-order chi connectivity index (χ1) is 12.2. The van der Waals surface area contributed by atoms with Crippen molar-refractivity contribution in [2.24, 2.45) is 0 Å². The van der Waals surface area contributed by atoms with Gasteiger partial charge in [-0.3, -0.25) is 0 Å². The van der Waals surface area contributed by atoms with Crippen LogP contribution in [0.15, 0.2) is 92.2 Å². The number of aromatic nitrogens is 1. The Labute approximate surface area is 162 Å². The summed E-state index contributed by atoms with van der Waals surface area (Å²) in [6, 6.07) is 26.1. The minimum absolute atomic E-state index is 0.622. The van der Waals surface area contributed by atoms with Gasteiger partial charge in [-0.1, -0.05) is 74.3 Å². The summed E-state index contributed by atoms with van der Waals surface area (Å²) >= 11 is 6.96. The minimum Gasteiger partial charge on any atom is -0.435 e. The molecule has 0 N–H and O–H groups in total. The number of halogens is 2. The van der Waals surface area contributed by atoms with Crippen molar-refractivity contribution in [3.63, 3.8) is 0 Å². The molecule has 0 fully saturated rings. The first-order valence-electron chi connectivity index (χ1n) is 7.79. The van der Waals surface area contributed by atoms with Crippen molar-refractivity contribution in [3.8, 4) is 34.0 Å².